The Labute approximate surface area is 159 Å². The Kier molecular flexibility index (Phi) is 6.34. The Balaban J connectivity index is 1.51. The van der Waals surface area contributed by atoms with Crippen molar-refractivity contribution >= 4 is 10.0 Å². The zero-order valence-corrected chi connectivity index (χ0v) is 16.1. The van der Waals surface area contributed by atoms with Crippen LogP contribution >= 0.6 is 0 Å². The largest absolute Gasteiger partial charge is 0.493 e. The molecule has 1 saturated heterocycles. The van der Waals surface area contributed by atoms with Crippen molar-refractivity contribution < 1.29 is 22.3 Å². The molecule has 1 atom stereocenters. The van der Waals surface area contributed by atoms with E-state index in [-0.39, 0.29) is 17.2 Å². The van der Waals surface area contributed by atoms with Crippen LogP contribution in [0.15, 0.2) is 48.5 Å². The van der Waals surface area contributed by atoms with Crippen LogP contribution in [0.25, 0.3) is 0 Å². The molecule has 0 bridgehead atoms. The van der Waals surface area contributed by atoms with Gasteiger partial charge in [0, 0.05) is 18.7 Å². The minimum atomic E-state index is -3.52. The van der Waals surface area contributed by atoms with E-state index in [2.05, 4.69) is 0 Å². The molecule has 1 aliphatic heterocycles. The predicted molar refractivity (Wildman–Crippen MR) is 102 cm³/mol. The Morgan fingerprint density at radius 3 is 2.56 bits per heavy atom. The number of hydrogen-bond acceptors (Lipinski definition) is 4. The summed E-state index contributed by atoms with van der Waals surface area (Å²) in [5, 5.41) is 0. The molecular formula is C20H24FNO4S. The zero-order valence-electron chi connectivity index (χ0n) is 15.3. The summed E-state index contributed by atoms with van der Waals surface area (Å²) < 4.78 is 51.4. The Bertz CT molecular complexity index is 872. The fourth-order valence-corrected chi connectivity index (χ4v) is 4.89. The van der Waals surface area contributed by atoms with Crippen molar-refractivity contribution in [3.05, 3.63) is 59.9 Å². The van der Waals surface area contributed by atoms with Gasteiger partial charge in [-0.05, 0) is 37.0 Å². The lowest BCUT2D eigenvalue weighted by Gasteiger charge is -2.17. The molecule has 7 heteroatoms. The molecule has 5 nitrogen and oxygen atoms in total. The number of benzene rings is 2. The topological polar surface area (TPSA) is 55.8 Å². The van der Waals surface area contributed by atoms with Gasteiger partial charge >= 0.3 is 0 Å². The lowest BCUT2D eigenvalue weighted by atomic mass is 10.1. The van der Waals surface area contributed by atoms with Crippen LogP contribution in [0.4, 0.5) is 4.39 Å². The minimum Gasteiger partial charge on any atom is -0.493 e. The van der Waals surface area contributed by atoms with E-state index in [1.165, 1.54) is 16.4 Å². The molecule has 1 aliphatic rings. The SMILES string of the molecule is COc1ccccc1OCCC1CCN(S(=O)(=O)Cc2ccccc2F)C1. The molecule has 146 valence electrons. The number of hydrogen-bond donors (Lipinski definition) is 0. The summed E-state index contributed by atoms with van der Waals surface area (Å²) in [4.78, 5) is 0. The van der Waals surface area contributed by atoms with Crippen LogP contribution in [0.3, 0.4) is 0 Å². The number of rotatable bonds is 8. The first-order valence-electron chi connectivity index (χ1n) is 8.96. The van der Waals surface area contributed by atoms with Crippen molar-refractivity contribution in [2.24, 2.45) is 5.92 Å². The van der Waals surface area contributed by atoms with Gasteiger partial charge in [-0.25, -0.2) is 17.1 Å². The molecule has 0 N–H and O–H groups in total. The van der Waals surface area contributed by atoms with Gasteiger partial charge in [-0.15, -0.1) is 0 Å². The van der Waals surface area contributed by atoms with E-state index < -0.39 is 15.8 Å². The second-order valence-electron chi connectivity index (χ2n) is 6.65. The summed E-state index contributed by atoms with van der Waals surface area (Å²) in [6.45, 7) is 1.41. The van der Waals surface area contributed by atoms with Crippen molar-refractivity contribution in [3.8, 4) is 11.5 Å². The van der Waals surface area contributed by atoms with E-state index in [1.54, 1.807) is 19.2 Å². The third-order valence-corrected chi connectivity index (χ3v) is 6.58. The maximum Gasteiger partial charge on any atom is 0.218 e. The summed E-state index contributed by atoms with van der Waals surface area (Å²) in [6.07, 6.45) is 1.54. The summed E-state index contributed by atoms with van der Waals surface area (Å²) in [5.74, 6) is 0.807. The highest BCUT2D eigenvalue weighted by Crippen LogP contribution is 2.28. The van der Waals surface area contributed by atoms with Gasteiger partial charge in [0.15, 0.2) is 11.5 Å². The van der Waals surface area contributed by atoms with Crippen molar-refractivity contribution in [3.63, 3.8) is 0 Å². The lowest BCUT2D eigenvalue weighted by Crippen LogP contribution is -2.30. The van der Waals surface area contributed by atoms with Crippen molar-refractivity contribution in [2.75, 3.05) is 26.8 Å². The number of ether oxygens (including phenoxy) is 2. The maximum atomic E-state index is 13.8. The minimum absolute atomic E-state index is 0.209. The molecule has 1 fully saturated rings. The third kappa shape index (κ3) is 4.99. The van der Waals surface area contributed by atoms with Gasteiger partial charge in [0.25, 0.3) is 0 Å². The molecule has 2 aromatic carbocycles. The molecule has 0 aromatic heterocycles. The first-order chi connectivity index (χ1) is 13.0. The standard InChI is InChI=1S/C20H24FNO4S/c1-25-19-8-4-5-9-20(19)26-13-11-16-10-12-22(14-16)27(23,24)15-17-6-2-3-7-18(17)21/h2-9,16H,10-15H2,1H3. The normalized spacial score (nSPS) is 17.8. The molecule has 3 rings (SSSR count). The first kappa shape index (κ1) is 19.6. The van der Waals surface area contributed by atoms with Crippen LogP contribution in [0.5, 0.6) is 11.5 Å². The van der Waals surface area contributed by atoms with Crippen LogP contribution in [-0.2, 0) is 15.8 Å². The number of halogens is 1. The monoisotopic (exact) mass is 393 g/mol. The summed E-state index contributed by atoms with van der Waals surface area (Å²) >= 11 is 0. The van der Waals surface area contributed by atoms with Crippen LogP contribution in [0, 0.1) is 11.7 Å². The number of nitrogens with zero attached hydrogens (tertiary/aromatic N) is 1. The number of para-hydroxylation sites is 2. The van der Waals surface area contributed by atoms with Gasteiger partial charge < -0.3 is 9.47 Å². The number of sulfonamides is 1. The fourth-order valence-electron chi connectivity index (χ4n) is 3.26. The van der Waals surface area contributed by atoms with Gasteiger partial charge in [-0.1, -0.05) is 30.3 Å². The highest BCUT2D eigenvalue weighted by Gasteiger charge is 2.31. The van der Waals surface area contributed by atoms with E-state index in [0.717, 1.165) is 12.8 Å². The lowest BCUT2D eigenvalue weighted by molar-refractivity contribution is 0.266. The maximum absolute atomic E-state index is 13.8. The van der Waals surface area contributed by atoms with E-state index in [4.69, 9.17) is 9.47 Å². The van der Waals surface area contributed by atoms with Gasteiger partial charge in [-0.3, -0.25) is 0 Å². The molecular weight excluding hydrogens is 369 g/mol. The van der Waals surface area contributed by atoms with Crippen molar-refractivity contribution in [1.82, 2.24) is 4.31 Å². The second-order valence-corrected chi connectivity index (χ2v) is 8.62. The van der Waals surface area contributed by atoms with Crippen LogP contribution in [0.1, 0.15) is 18.4 Å². The summed E-state index contributed by atoms with van der Waals surface area (Å²) in [7, 11) is -1.93. The third-order valence-electron chi connectivity index (χ3n) is 4.79. The average molecular weight is 393 g/mol. The molecule has 1 unspecified atom stereocenters. The molecule has 1 heterocycles. The highest BCUT2D eigenvalue weighted by molar-refractivity contribution is 7.88. The molecule has 0 saturated carbocycles. The fraction of sp³-hybridized carbons (Fsp3) is 0.400. The van der Waals surface area contributed by atoms with E-state index in [1.807, 2.05) is 24.3 Å². The Hall–Kier alpha value is -2.12. The summed E-state index contributed by atoms with van der Waals surface area (Å²) in [5.41, 5.74) is 0.209. The van der Waals surface area contributed by atoms with Gasteiger partial charge in [0.2, 0.25) is 10.0 Å². The molecule has 0 aliphatic carbocycles. The quantitative estimate of drug-likeness (QED) is 0.689. The number of methoxy groups -OCH3 is 1. The van der Waals surface area contributed by atoms with Gasteiger partial charge in [-0.2, -0.15) is 0 Å². The van der Waals surface area contributed by atoms with E-state index >= 15 is 0 Å². The Morgan fingerprint density at radius 2 is 1.81 bits per heavy atom. The second kappa shape index (κ2) is 8.71. The van der Waals surface area contributed by atoms with E-state index in [0.29, 0.717) is 31.2 Å². The zero-order chi connectivity index (χ0) is 19.3. The summed E-state index contributed by atoms with van der Waals surface area (Å²) in [6, 6.07) is 13.4. The molecule has 2 aromatic rings. The average Bonchev–Trinajstić information content (AvgIpc) is 3.14. The highest BCUT2D eigenvalue weighted by atomic mass is 32.2. The van der Waals surface area contributed by atoms with Crippen molar-refractivity contribution in [1.29, 1.82) is 0 Å². The first-order valence-corrected chi connectivity index (χ1v) is 10.6. The van der Waals surface area contributed by atoms with Crippen LogP contribution < -0.4 is 9.47 Å². The van der Waals surface area contributed by atoms with Gasteiger partial charge in [0.1, 0.15) is 5.82 Å². The predicted octanol–water partition coefficient (Wildman–Crippen LogP) is 3.46. The van der Waals surface area contributed by atoms with Gasteiger partial charge in [0.05, 0.1) is 19.5 Å². The molecule has 0 spiro atoms. The smallest absolute Gasteiger partial charge is 0.218 e. The van der Waals surface area contributed by atoms with E-state index in [9.17, 15) is 12.8 Å². The molecule has 27 heavy (non-hydrogen) atoms. The Morgan fingerprint density at radius 1 is 1.11 bits per heavy atom. The molecule has 0 radical (unpaired) electrons. The van der Waals surface area contributed by atoms with Crippen molar-refractivity contribution in [2.45, 2.75) is 18.6 Å². The van der Waals surface area contributed by atoms with Crippen LogP contribution in [-0.4, -0.2) is 39.5 Å². The van der Waals surface area contributed by atoms with Crippen LogP contribution in [0.2, 0.25) is 0 Å². The molecule has 0 amide bonds.